The summed E-state index contributed by atoms with van der Waals surface area (Å²) in [7, 11) is 1.86. The maximum absolute atomic E-state index is 12.9. The topological polar surface area (TPSA) is 62.3 Å². The van der Waals surface area contributed by atoms with Gasteiger partial charge in [-0.1, -0.05) is 31.4 Å². The van der Waals surface area contributed by atoms with Crippen molar-refractivity contribution in [3.63, 3.8) is 0 Å². The average Bonchev–Trinajstić information content (AvgIpc) is 2.68. The fraction of sp³-hybridized carbons (Fsp3) is 0.350. The van der Waals surface area contributed by atoms with E-state index in [9.17, 15) is 9.59 Å². The summed E-state index contributed by atoms with van der Waals surface area (Å²) in [6, 6.07) is 10.8. The van der Waals surface area contributed by atoms with Crippen molar-refractivity contribution in [3.8, 4) is 0 Å². The monoisotopic (exact) mass is 337 g/mol. The molecule has 0 atom stereocenters. The van der Waals surface area contributed by atoms with Crippen molar-refractivity contribution in [2.75, 3.05) is 12.4 Å². The van der Waals surface area contributed by atoms with Crippen LogP contribution in [-0.4, -0.2) is 34.8 Å². The Hall–Kier alpha value is -2.69. The van der Waals surface area contributed by atoms with E-state index >= 15 is 0 Å². The highest BCUT2D eigenvalue weighted by Crippen LogP contribution is 2.25. The fourth-order valence-electron chi connectivity index (χ4n) is 3.29. The second-order valence-corrected chi connectivity index (χ2v) is 6.45. The lowest BCUT2D eigenvalue weighted by atomic mass is 9.94. The van der Waals surface area contributed by atoms with Crippen LogP contribution in [0.3, 0.4) is 0 Å². The number of nitrogens with one attached hydrogen (secondary N) is 1. The number of nitrogens with zero attached hydrogens (tertiary/aromatic N) is 2. The lowest BCUT2D eigenvalue weighted by molar-refractivity contribution is 0.0697. The highest BCUT2D eigenvalue weighted by Gasteiger charge is 2.24. The van der Waals surface area contributed by atoms with Gasteiger partial charge in [-0.2, -0.15) is 0 Å². The Morgan fingerprint density at radius 2 is 1.84 bits per heavy atom. The second-order valence-electron chi connectivity index (χ2n) is 6.45. The first-order valence-electron chi connectivity index (χ1n) is 8.74. The molecule has 25 heavy (non-hydrogen) atoms. The number of carbonyl (C=O) groups excluding carboxylic acids is 2. The van der Waals surface area contributed by atoms with Gasteiger partial charge in [0.1, 0.15) is 0 Å². The minimum atomic E-state index is -0.270. The molecule has 1 fully saturated rings. The Morgan fingerprint density at radius 3 is 2.56 bits per heavy atom. The SMILES string of the molecule is CN(C(=O)c1ccccc1NC(=O)c1cccnc1)C1CCCCC1. The summed E-state index contributed by atoms with van der Waals surface area (Å²) in [6.07, 6.45) is 8.81. The summed E-state index contributed by atoms with van der Waals surface area (Å²) in [4.78, 5) is 31.1. The van der Waals surface area contributed by atoms with Gasteiger partial charge in [0.15, 0.2) is 0 Å². The molecule has 3 rings (SSSR count). The van der Waals surface area contributed by atoms with Crippen molar-refractivity contribution >= 4 is 17.5 Å². The number of hydrogen-bond acceptors (Lipinski definition) is 3. The Balaban J connectivity index is 1.78. The maximum Gasteiger partial charge on any atom is 0.257 e. The maximum atomic E-state index is 12.9. The molecule has 1 heterocycles. The molecule has 0 aliphatic heterocycles. The van der Waals surface area contributed by atoms with Gasteiger partial charge >= 0.3 is 0 Å². The van der Waals surface area contributed by atoms with E-state index in [1.807, 2.05) is 24.1 Å². The van der Waals surface area contributed by atoms with Crippen LogP contribution in [0, 0.1) is 0 Å². The number of rotatable bonds is 4. The van der Waals surface area contributed by atoms with Crippen molar-refractivity contribution in [2.45, 2.75) is 38.1 Å². The van der Waals surface area contributed by atoms with Gasteiger partial charge in [-0.25, -0.2) is 0 Å². The van der Waals surface area contributed by atoms with E-state index in [2.05, 4.69) is 10.3 Å². The van der Waals surface area contributed by atoms with Crippen molar-refractivity contribution in [3.05, 3.63) is 59.9 Å². The van der Waals surface area contributed by atoms with Crippen LogP contribution >= 0.6 is 0 Å². The van der Waals surface area contributed by atoms with Gasteiger partial charge in [0, 0.05) is 25.5 Å². The molecule has 0 saturated heterocycles. The van der Waals surface area contributed by atoms with Crippen molar-refractivity contribution < 1.29 is 9.59 Å². The number of hydrogen-bond donors (Lipinski definition) is 1. The van der Waals surface area contributed by atoms with Crippen LogP contribution in [0.15, 0.2) is 48.8 Å². The van der Waals surface area contributed by atoms with Crippen LogP contribution in [0.2, 0.25) is 0 Å². The Labute approximate surface area is 148 Å². The Morgan fingerprint density at radius 1 is 1.08 bits per heavy atom. The number of benzene rings is 1. The van der Waals surface area contributed by atoms with E-state index in [0.29, 0.717) is 16.8 Å². The van der Waals surface area contributed by atoms with Crippen LogP contribution in [0.4, 0.5) is 5.69 Å². The highest BCUT2D eigenvalue weighted by atomic mass is 16.2. The predicted octanol–water partition coefficient (Wildman–Crippen LogP) is 3.74. The van der Waals surface area contributed by atoms with Crippen LogP contribution < -0.4 is 5.32 Å². The third-order valence-corrected chi connectivity index (χ3v) is 4.77. The number of anilines is 1. The smallest absolute Gasteiger partial charge is 0.257 e. The molecular weight excluding hydrogens is 314 g/mol. The largest absolute Gasteiger partial charge is 0.339 e. The van der Waals surface area contributed by atoms with Crippen molar-refractivity contribution in [1.82, 2.24) is 9.88 Å². The molecule has 0 bridgehead atoms. The number of amides is 2. The van der Waals surface area contributed by atoms with Gasteiger partial charge in [0.25, 0.3) is 11.8 Å². The van der Waals surface area contributed by atoms with Crippen LogP contribution in [0.1, 0.15) is 52.8 Å². The lowest BCUT2D eigenvalue weighted by Gasteiger charge is -2.31. The summed E-state index contributed by atoms with van der Waals surface area (Å²) >= 11 is 0. The number of pyridine rings is 1. The molecule has 1 aliphatic rings. The van der Waals surface area contributed by atoms with Crippen LogP contribution in [-0.2, 0) is 0 Å². The minimum absolute atomic E-state index is 0.0472. The Bertz CT molecular complexity index is 740. The molecule has 1 N–H and O–H groups in total. The molecule has 0 unspecified atom stereocenters. The standard InChI is InChI=1S/C20H23N3O2/c1-23(16-9-3-2-4-10-16)20(25)17-11-5-6-12-18(17)22-19(24)15-8-7-13-21-14-15/h5-8,11-14,16H,2-4,9-10H2,1H3,(H,22,24). The number of carbonyl (C=O) groups is 2. The van der Waals surface area contributed by atoms with E-state index < -0.39 is 0 Å². The molecule has 130 valence electrons. The second kappa shape index (κ2) is 7.92. The molecule has 2 aromatic rings. The zero-order chi connectivity index (χ0) is 17.6. The first-order valence-corrected chi connectivity index (χ1v) is 8.74. The van der Waals surface area contributed by atoms with Gasteiger partial charge in [-0.15, -0.1) is 0 Å². The van der Waals surface area contributed by atoms with Gasteiger partial charge in [0.05, 0.1) is 16.8 Å². The van der Waals surface area contributed by atoms with Gasteiger partial charge in [-0.05, 0) is 37.1 Å². The van der Waals surface area contributed by atoms with E-state index in [4.69, 9.17) is 0 Å². The third-order valence-electron chi connectivity index (χ3n) is 4.77. The predicted molar refractivity (Wildman–Crippen MR) is 97.6 cm³/mol. The average molecular weight is 337 g/mol. The Kier molecular flexibility index (Phi) is 5.43. The van der Waals surface area contributed by atoms with Crippen molar-refractivity contribution in [2.24, 2.45) is 0 Å². The first-order chi connectivity index (χ1) is 12.2. The molecule has 5 heteroatoms. The summed E-state index contributed by atoms with van der Waals surface area (Å²) in [5.74, 6) is -0.317. The first kappa shape index (κ1) is 17.1. The number of aromatic nitrogens is 1. The molecule has 0 radical (unpaired) electrons. The van der Waals surface area contributed by atoms with E-state index in [1.165, 1.54) is 25.5 Å². The van der Waals surface area contributed by atoms with Crippen LogP contribution in [0.25, 0.3) is 0 Å². The van der Waals surface area contributed by atoms with Gasteiger partial charge < -0.3 is 10.2 Å². The minimum Gasteiger partial charge on any atom is -0.339 e. The molecule has 1 saturated carbocycles. The molecule has 1 aromatic carbocycles. The summed E-state index contributed by atoms with van der Waals surface area (Å²) in [5, 5.41) is 2.84. The fourth-order valence-corrected chi connectivity index (χ4v) is 3.29. The summed E-state index contributed by atoms with van der Waals surface area (Å²) in [6.45, 7) is 0. The van der Waals surface area contributed by atoms with Crippen LogP contribution in [0.5, 0.6) is 0 Å². The van der Waals surface area contributed by atoms with Gasteiger partial charge in [-0.3, -0.25) is 14.6 Å². The van der Waals surface area contributed by atoms with Gasteiger partial charge in [0.2, 0.25) is 0 Å². The highest BCUT2D eigenvalue weighted by molar-refractivity contribution is 6.08. The quantitative estimate of drug-likeness (QED) is 0.924. The molecule has 0 spiro atoms. The normalized spacial score (nSPS) is 14.8. The molecule has 2 amide bonds. The molecule has 1 aliphatic carbocycles. The molecular formula is C20H23N3O2. The lowest BCUT2D eigenvalue weighted by Crippen LogP contribution is -2.38. The van der Waals surface area contributed by atoms with E-state index in [0.717, 1.165) is 12.8 Å². The third kappa shape index (κ3) is 4.05. The summed E-state index contributed by atoms with van der Waals surface area (Å²) in [5.41, 5.74) is 1.52. The van der Waals surface area contributed by atoms with E-state index in [1.54, 1.807) is 30.5 Å². The van der Waals surface area contributed by atoms with E-state index in [-0.39, 0.29) is 17.9 Å². The molecule has 5 nitrogen and oxygen atoms in total. The zero-order valence-corrected chi connectivity index (χ0v) is 14.4. The zero-order valence-electron chi connectivity index (χ0n) is 14.4. The molecule has 1 aromatic heterocycles. The number of para-hydroxylation sites is 1. The summed E-state index contributed by atoms with van der Waals surface area (Å²) < 4.78 is 0. The van der Waals surface area contributed by atoms with Crippen molar-refractivity contribution in [1.29, 1.82) is 0 Å².